The van der Waals surface area contributed by atoms with Crippen LogP contribution in [0.5, 0.6) is 0 Å². The Morgan fingerprint density at radius 2 is 1.95 bits per heavy atom. The van der Waals surface area contributed by atoms with Crippen molar-refractivity contribution in [3.8, 4) is 0 Å². The van der Waals surface area contributed by atoms with Gasteiger partial charge in [-0.2, -0.15) is 0 Å². The van der Waals surface area contributed by atoms with E-state index in [2.05, 4.69) is 34.6 Å². The average Bonchev–Trinajstić information content (AvgIpc) is 2.55. The summed E-state index contributed by atoms with van der Waals surface area (Å²) in [7, 11) is 0. The molecule has 0 bridgehead atoms. The summed E-state index contributed by atoms with van der Waals surface area (Å²) in [6.07, 6.45) is 2.38. The highest BCUT2D eigenvalue weighted by molar-refractivity contribution is 5.78. The molecule has 0 aromatic heterocycles. The fourth-order valence-corrected chi connectivity index (χ4v) is 3.01. The third kappa shape index (κ3) is 5.43. The van der Waals surface area contributed by atoms with Gasteiger partial charge >= 0.3 is 0 Å². The summed E-state index contributed by atoms with van der Waals surface area (Å²) in [5.74, 6) is 0.893. The Balaban J connectivity index is 1.70. The van der Waals surface area contributed by atoms with Crippen LogP contribution in [0, 0.1) is 5.92 Å². The van der Waals surface area contributed by atoms with Gasteiger partial charge in [0, 0.05) is 0 Å². The molecule has 1 aromatic rings. The highest BCUT2D eigenvalue weighted by Crippen LogP contribution is 2.16. The maximum atomic E-state index is 12.2. The molecule has 1 amide bonds. The van der Waals surface area contributed by atoms with Gasteiger partial charge < -0.3 is 10.6 Å². The molecular weight excluding hydrogens is 274 g/mol. The van der Waals surface area contributed by atoms with E-state index in [1.54, 1.807) is 0 Å². The summed E-state index contributed by atoms with van der Waals surface area (Å²) in [6.45, 7) is 8.92. The Hall–Kier alpha value is -1.39. The summed E-state index contributed by atoms with van der Waals surface area (Å²) in [5, 5.41) is 6.52. The lowest BCUT2D eigenvalue weighted by molar-refractivity contribution is -0.123. The van der Waals surface area contributed by atoms with Gasteiger partial charge in [-0.1, -0.05) is 37.3 Å². The molecule has 2 N–H and O–H groups in total. The van der Waals surface area contributed by atoms with Crippen molar-refractivity contribution in [1.82, 2.24) is 15.5 Å². The van der Waals surface area contributed by atoms with Gasteiger partial charge in [-0.15, -0.1) is 0 Å². The van der Waals surface area contributed by atoms with Crippen LogP contribution in [-0.4, -0.2) is 43.5 Å². The number of piperidine rings is 1. The lowest BCUT2D eigenvalue weighted by Crippen LogP contribution is -2.43. The van der Waals surface area contributed by atoms with E-state index in [9.17, 15) is 4.79 Å². The molecule has 1 aliphatic heterocycles. The molecule has 1 atom stereocenters. The number of hydrogen-bond donors (Lipinski definition) is 2. The zero-order chi connectivity index (χ0) is 15.8. The number of nitrogens with zero attached hydrogens (tertiary/aromatic N) is 1. The quantitative estimate of drug-likeness (QED) is 0.811. The van der Waals surface area contributed by atoms with Crippen LogP contribution in [0.15, 0.2) is 30.3 Å². The molecule has 0 spiro atoms. The normalized spacial score (nSPS) is 18.1. The van der Waals surface area contributed by atoms with Crippen LogP contribution >= 0.6 is 0 Å². The topological polar surface area (TPSA) is 44.4 Å². The Kier molecular flexibility index (Phi) is 6.87. The minimum atomic E-state index is 0.0694. The second-order valence-corrected chi connectivity index (χ2v) is 6.23. The molecule has 122 valence electrons. The summed E-state index contributed by atoms with van der Waals surface area (Å²) >= 11 is 0. The zero-order valence-corrected chi connectivity index (χ0v) is 13.8. The first-order chi connectivity index (χ1) is 10.7. The number of nitrogens with one attached hydrogen (secondary N) is 2. The van der Waals surface area contributed by atoms with E-state index in [1.165, 1.54) is 12.8 Å². The Bertz CT molecular complexity index is 441. The summed E-state index contributed by atoms with van der Waals surface area (Å²) < 4.78 is 0. The number of amides is 1. The standard InChI is InChI=1S/C18H29N3O/c1-3-19-13-16-9-11-21(12-10-16)14-18(22)20-15(2)17-7-5-4-6-8-17/h4-8,15-16,19H,3,9-14H2,1-2H3,(H,20,22). The van der Waals surface area contributed by atoms with Gasteiger partial charge in [0.05, 0.1) is 12.6 Å². The maximum absolute atomic E-state index is 12.2. The Morgan fingerprint density at radius 1 is 1.27 bits per heavy atom. The maximum Gasteiger partial charge on any atom is 0.234 e. The van der Waals surface area contributed by atoms with Crippen molar-refractivity contribution in [3.05, 3.63) is 35.9 Å². The Labute approximate surface area is 134 Å². The second-order valence-electron chi connectivity index (χ2n) is 6.23. The van der Waals surface area contributed by atoms with Gasteiger partial charge in [0.25, 0.3) is 0 Å². The molecule has 0 aliphatic carbocycles. The molecule has 1 aliphatic rings. The van der Waals surface area contributed by atoms with Crippen LogP contribution in [0.4, 0.5) is 0 Å². The molecule has 1 fully saturated rings. The van der Waals surface area contributed by atoms with Crippen LogP contribution in [0.3, 0.4) is 0 Å². The molecule has 1 unspecified atom stereocenters. The van der Waals surface area contributed by atoms with Crippen molar-refractivity contribution >= 4 is 5.91 Å². The van der Waals surface area contributed by atoms with Crippen molar-refractivity contribution in [3.63, 3.8) is 0 Å². The lowest BCUT2D eigenvalue weighted by Gasteiger charge is -2.31. The minimum Gasteiger partial charge on any atom is -0.348 e. The predicted molar refractivity (Wildman–Crippen MR) is 90.7 cm³/mol. The zero-order valence-electron chi connectivity index (χ0n) is 13.8. The third-order valence-corrected chi connectivity index (χ3v) is 4.43. The molecular formula is C18H29N3O. The van der Waals surface area contributed by atoms with E-state index < -0.39 is 0 Å². The first kappa shape index (κ1) is 17.0. The smallest absolute Gasteiger partial charge is 0.234 e. The number of hydrogen-bond acceptors (Lipinski definition) is 3. The van der Waals surface area contributed by atoms with Gasteiger partial charge in [0.1, 0.15) is 0 Å². The second kappa shape index (κ2) is 8.91. The number of carbonyl (C=O) groups excluding carboxylic acids is 1. The van der Waals surface area contributed by atoms with Crippen molar-refractivity contribution < 1.29 is 4.79 Å². The third-order valence-electron chi connectivity index (χ3n) is 4.43. The fraction of sp³-hybridized carbons (Fsp3) is 0.611. The molecule has 1 saturated heterocycles. The van der Waals surface area contributed by atoms with Gasteiger partial charge in [-0.05, 0) is 57.4 Å². The highest BCUT2D eigenvalue weighted by atomic mass is 16.2. The van der Waals surface area contributed by atoms with Gasteiger partial charge in [0.15, 0.2) is 0 Å². The van der Waals surface area contributed by atoms with E-state index in [1.807, 2.05) is 25.1 Å². The van der Waals surface area contributed by atoms with Crippen LogP contribution in [0.25, 0.3) is 0 Å². The van der Waals surface area contributed by atoms with E-state index in [0.717, 1.165) is 37.7 Å². The van der Waals surface area contributed by atoms with E-state index in [-0.39, 0.29) is 11.9 Å². The number of likely N-dealkylation sites (tertiary alicyclic amines) is 1. The van der Waals surface area contributed by atoms with Gasteiger partial charge in [0.2, 0.25) is 5.91 Å². The summed E-state index contributed by atoms with van der Waals surface area (Å²) in [6, 6.07) is 10.2. The molecule has 4 heteroatoms. The molecule has 22 heavy (non-hydrogen) atoms. The number of benzene rings is 1. The molecule has 0 radical (unpaired) electrons. The fourth-order valence-electron chi connectivity index (χ4n) is 3.01. The first-order valence-electron chi connectivity index (χ1n) is 8.46. The SMILES string of the molecule is CCNCC1CCN(CC(=O)NC(C)c2ccccc2)CC1. The van der Waals surface area contributed by atoms with Gasteiger partial charge in [-0.3, -0.25) is 9.69 Å². The van der Waals surface area contributed by atoms with Crippen molar-refractivity contribution in [1.29, 1.82) is 0 Å². The van der Waals surface area contributed by atoms with E-state index in [4.69, 9.17) is 0 Å². The largest absolute Gasteiger partial charge is 0.348 e. The van der Waals surface area contributed by atoms with Crippen molar-refractivity contribution in [2.75, 3.05) is 32.7 Å². The molecule has 1 heterocycles. The molecule has 1 aromatic carbocycles. The van der Waals surface area contributed by atoms with Crippen molar-refractivity contribution in [2.24, 2.45) is 5.92 Å². The lowest BCUT2D eigenvalue weighted by atomic mass is 9.97. The average molecular weight is 303 g/mol. The van der Waals surface area contributed by atoms with E-state index >= 15 is 0 Å². The highest BCUT2D eigenvalue weighted by Gasteiger charge is 2.21. The number of carbonyl (C=O) groups is 1. The minimum absolute atomic E-state index is 0.0694. The predicted octanol–water partition coefficient (Wildman–Crippen LogP) is 2.19. The monoisotopic (exact) mass is 303 g/mol. The van der Waals surface area contributed by atoms with Gasteiger partial charge in [-0.25, -0.2) is 0 Å². The summed E-state index contributed by atoms with van der Waals surface area (Å²) in [4.78, 5) is 14.5. The molecule has 2 rings (SSSR count). The first-order valence-corrected chi connectivity index (χ1v) is 8.46. The van der Waals surface area contributed by atoms with Crippen LogP contribution in [0.1, 0.15) is 38.3 Å². The number of rotatable bonds is 7. The van der Waals surface area contributed by atoms with Crippen LogP contribution in [-0.2, 0) is 4.79 Å². The van der Waals surface area contributed by atoms with Crippen LogP contribution in [0.2, 0.25) is 0 Å². The Morgan fingerprint density at radius 3 is 2.59 bits per heavy atom. The summed E-state index contributed by atoms with van der Waals surface area (Å²) in [5.41, 5.74) is 1.15. The molecule has 4 nitrogen and oxygen atoms in total. The molecule has 0 saturated carbocycles. The van der Waals surface area contributed by atoms with E-state index in [0.29, 0.717) is 6.54 Å². The van der Waals surface area contributed by atoms with Crippen LogP contribution < -0.4 is 10.6 Å². The van der Waals surface area contributed by atoms with Crippen molar-refractivity contribution in [2.45, 2.75) is 32.7 Å².